The number of hydrogen-bond acceptors (Lipinski definition) is 5. The highest BCUT2D eigenvalue weighted by Gasteiger charge is 2.20. The van der Waals surface area contributed by atoms with E-state index >= 15 is 0 Å². The Morgan fingerprint density at radius 3 is 2.32 bits per heavy atom. The third kappa shape index (κ3) is 10.2. The van der Waals surface area contributed by atoms with Crippen molar-refractivity contribution in [1.82, 2.24) is 5.32 Å². The second-order valence-corrected chi connectivity index (χ2v) is 6.12. The Morgan fingerprint density at radius 1 is 1.23 bits per heavy atom. The number of ether oxygens (including phenoxy) is 2. The van der Waals surface area contributed by atoms with E-state index in [2.05, 4.69) is 10.1 Å². The van der Waals surface area contributed by atoms with Crippen molar-refractivity contribution in [2.45, 2.75) is 58.2 Å². The summed E-state index contributed by atoms with van der Waals surface area (Å²) >= 11 is 0. The van der Waals surface area contributed by atoms with E-state index in [0.29, 0.717) is 6.42 Å². The van der Waals surface area contributed by atoms with E-state index in [4.69, 9.17) is 4.74 Å². The maximum atomic E-state index is 11.2. The molecule has 1 aliphatic rings. The van der Waals surface area contributed by atoms with Gasteiger partial charge in [0, 0.05) is 7.05 Å². The zero-order valence-electron chi connectivity index (χ0n) is 14.2. The summed E-state index contributed by atoms with van der Waals surface area (Å²) in [6.45, 7) is 5.46. The van der Waals surface area contributed by atoms with Crippen LogP contribution in [0.4, 0.5) is 4.79 Å². The molecule has 1 amide bonds. The molecule has 0 saturated carbocycles. The number of esters is 1. The highest BCUT2D eigenvalue weighted by atomic mass is 16.6. The summed E-state index contributed by atoms with van der Waals surface area (Å²) in [6.07, 6.45) is 5.99. The van der Waals surface area contributed by atoms with Crippen molar-refractivity contribution in [2.75, 3.05) is 14.2 Å². The molecule has 2 N–H and O–H groups in total. The van der Waals surface area contributed by atoms with Gasteiger partial charge in [0.05, 0.1) is 19.1 Å². The molecular formula is C16H29NO5. The maximum absolute atomic E-state index is 11.2. The van der Waals surface area contributed by atoms with Gasteiger partial charge < -0.3 is 19.9 Å². The van der Waals surface area contributed by atoms with Gasteiger partial charge in [-0.1, -0.05) is 12.2 Å². The lowest BCUT2D eigenvalue weighted by molar-refractivity contribution is -0.146. The number of allylic oxidation sites excluding steroid dienone is 1. The van der Waals surface area contributed by atoms with Crippen LogP contribution in [0, 0.1) is 5.92 Å². The molecule has 1 rings (SSSR count). The fourth-order valence-electron chi connectivity index (χ4n) is 1.89. The highest BCUT2D eigenvalue weighted by Crippen LogP contribution is 2.19. The standard InChI is InChI=1S/C10H16O3.C6H13NO2/c1-13-10(12)8-4-2-3-5-9(11)7-6-8;1-6(2,3)9-5(8)7-4/h3,5,8-9,11H,2,4,6-7H2,1H3;1-4H3,(H,7,8)/b5-3-;. The number of hydrogen-bond donors (Lipinski definition) is 2. The predicted molar refractivity (Wildman–Crippen MR) is 84.4 cm³/mol. The lowest BCUT2D eigenvalue weighted by Crippen LogP contribution is -2.30. The predicted octanol–water partition coefficient (Wildman–Crippen LogP) is 2.41. The summed E-state index contributed by atoms with van der Waals surface area (Å²) in [5, 5.41) is 11.7. The van der Waals surface area contributed by atoms with Crippen LogP contribution in [-0.2, 0) is 14.3 Å². The third-order valence-electron chi connectivity index (χ3n) is 2.99. The van der Waals surface area contributed by atoms with Crippen molar-refractivity contribution < 1.29 is 24.2 Å². The van der Waals surface area contributed by atoms with Crippen molar-refractivity contribution in [3.8, 4) is 0 Å². The molecule has 0 aromatic carbocycles. The Morgan fingerprint density at radius 2 is 1.86 bits per heavy atom. The Kier molecular flexibility index (Phi) is 9.49. The molecular weight excluding hydrogens is 286 g/mol. The molecule has 0 fully saturated rings. The lowest BCUT2D eigenvalue weighted by atomic mass is 9.93. The first kappa shape index (κ1) is 20.4. The SMILES string of the molecule is CNC(=O)OC(C)(C)C.COC(=O)C1CC/C=C\C(O)CC1. The Balaban J connectivity index is 0.000000433. The molecule has 0 aromatic heterocycles. The van der Waals surface area contributed by atoms with Gasteiger partial charge in [-0.3, -0.25) is 4.79 Å². The first-order valence-electron chi connectivity index (χ1n) is 7.53. The number of carbonyl (C=O) groups excluding carboxylic acids is 2. The summed E-state index contributed by atoms with van der Waals surface area (Å²) in [7, 11) is 2.95. The quantitative estimate of drug-likeness (QED) is 0.573. The number of amides is 1. The van der Waals surface area contributed by atoms with E-state index < -0.39 is 6.10 Å². The van der Waals surface area contributed by atoms with Gasteiger partial charge in [0.1, 0.15) is 5.60 Å². The van der Waals surface area contributed by atoms with Crippen molar-refractivity contribution in [1.29, 1.82) is 0 Å². The number of carbonyl (C=O) groups is 2. The van der Waals surface area contributed by atoms with Gasteiger partial charge in [-0.05, 0) is 46.5 Å². The van der Waals surface area contributed by atoms with Gasteiger partial charge in [-0.2, -0.15) is 0 Å². The first-order valence-corrected chi connectivity index (χ1v) is 7.53. The number of aliphatic hydroxyl groups is 1. The zero-order chi connectivity index (χ0) is 17.2. The molecule has 1 aliphatic carbocycles. The maximum Gasteiger partial charge on any atom is 0.407 e. The summed E-state index contributed by atoms with van der Waals surface area (Å²) in [4.78, 5) is 21.7. The summed E-state index contributed by atoms with van der Waals surface area (Å²) in [5.41, 5.74) is -0.389. The van der Waals surface area contributed by atoms with E-state index in [1.54, 1.807) is 6.08 Å². The second-order valence-electron chi connectivity index (χ2n) is 6.12. The Labute approximate surface area is 132 Å². The number of nitrogens with one attached hydrogen (secondary N) is 1. The molecule has 0 spiro atoms. The monoisotopic (exact) mass is 315 g/mol. The molecule has 0 aromatic rings. The fraction of sp³-hybridized carbons (Fsp3) is 0.750. The average molecular weight is 315 g/mol. The first-order chi connectivity index (χ1) is 10.2. The van der Waals surface area contributed by atoms with Gasteiger partial charge in [-0.15, -0.1) is 0 Å². The van der Waals surface area contributed by atoms with Gasteiger partial charge >= 0.3 is 12.1 Å². The summed E-state index contributed by atoms with van der Waals surface area (Å²) < 4.78 is 9.51. The second kappa shape index (κ2) is 10.2. The van der Waals surface area contributed by atoms with Crippen molar-refractivity contribution in [3.63, 3.8) is 0 Å². The molecule has 0 bridgehead atoms. The molecule has 6 heteroatoms. The minimum atomic E-state index is -0.396. The van der Waals surface area contributed by atoms with Crippen LogP contribution in [0.15, 0.2) is 12.2 Å². The molecule has 2 unspecified atom stereocenters. The molecule has 128 valence electrons. The van der Waals surface area contributed by atoms with Crippen LogP contribution in [0.3, 0.4) is 0 Å². The van der Waals surface area contributed by atoms with E-state index in [9.17, 15) is 14.7 Å². The van der Waals surface area contributed by atoms with Crippen LogP contribution in [0.5, 0.6) is 0 Å². The summed E-state index contributed by atoms with van der Waals surface area (Å²) in [6, 6.07) is 0. The van der Waals surface area contributed by atoms with Gasteiger partial charge in [0.15, 0.2) is 0 Å². The lowest BCUT2D eigenvalue weighted by Gasteiger charge is -2.18. The smallest absolute Gasteiger partial charge is 0.407 e. The van der Waals surface area contributed by atoms with Crippen molar-refractivity contribution >= 4 is 12.1 Å². The van der Waals surface area contributed by atoms with Crippen LogP contribution in [0.25, 0.3) is 0 Å². The zero-order valence-corrected chi connectivity index (χ0v) is 14.2. The topological polar surface area (TPSA) is 84.9 Å². The molecule has 6 nitrogen and oxygen atoms in total. The highest BCUT2D eigenvalue weighted by molar-refractivity contribution is 5.72. The van der Waals surface area contributed by atoms with Crippen LogP contribution in [0.1, 0.15) is 46.5 Å². The van der Waals surface area contributed by atoms with E-state index in [1.165, 1.54) is 14.2 Å². The molecule has 0 heterocycles. The van der Waals surface area contributed by atoms with Crippen molar-refractivity contribution in [3.05, 3.63) is 12.2 Å². The van der Waals surface area contributed by atoms with Gasteiger partial charge in [-0.25, -0.2) is 4.79 Å². The molecule has 0 radical (unpaired) electrons. The van der Waals surface area contributed by atoms with E-state index in [1.807, 2.05) is 26.8 Å². The number of aliphatic hydroxyl groups excluding tert-OH is 1. The van der Waals surface area contributed by atoms with E-state index in [0.717, 1.165) is 19.3 Å². The third-order valence-corrected chi connectivity index (χ3v) is 2.99. The number of methoxy groups -OCH3 is 1. The molecule has 2 atom stereocenters. The minimum absolute atomic E-state index is 0.0374. The van der Waals surface area contributed by atoms with E-state index in [-0.39, 0.29) is 23.6 Å². The van der Waals surface area contributed by atoms with Crippen LogP contribution in [0.2, 0.25) is 0 Å². The number of rotatable bonds is 1. The van der Waals surface area contributed by atoms with Crippen LogP contribution >= 0.6 is 0 Å². The molecule has 0 saturated heterocycles. The summed E-state index contributed by atoms with van der Waals surface area (Å²) in [5.74, 6) is -0.188. The minimum Gasteiger partial charge on any atom is -0.469 e. The normalized spacial score (nSPS) is 23.0. The Bertz CT molecular complexity index is 373. The number of alkyl carbamates (subject to hydrolysis) is 1. The van der Waals surface area contributed by atoms with Crippen LogP contribution < -0.4 is 5.32 Å². The average Bonchev–Trinajstić information content (AvgIpc) is 2.41. The van der Waals surface area contributed by atoms with Gasteiger partial charge in [0.25, 0.3) is 0 Å². The molecule has 0 aliphatic heterocycles. The van der Waals surface area contributed by atoms with Crippen LogP contribution in [-0.4, -0.2) is 43.0 Å². The Hall–Kier alpha value is -1.56. The largest absolute Gasteiger partial charge is 0.469 e. The molecule has 22 heavy (non-hydrogen) atoms. The van der Waals surface area contributed by atoms with Gasteiger partial charge in [0.2, 0.25) is 0 Å². The fourth-order valence-corrected chi connectivity index (χ4v) is 1.89. The van der Waals surface area contributed by atoms with Crippen molar-refractivity contribution in [2.24, 2.45) is 5.92 Å².